The number of aldehydes is 1. The highest BCUT2D eigenvalue weighted by Crippen LogP contribution is 2.19. The first-order valence-electron chi connectivity index (χ1n) is 11.2. The Labute approximate surface area is 197 Å². The predicted octanol–water partition coefficient (Wildman–Crippen LogP) is 4.22. The molecule has 2 heterocycles. The molecule has 1 aromatic rings. The molecule has 0 bridgehead atoms. The fraction of sp³-hybridized carbons (Fsp3) is 0.440. The number of allylic oxidation sites excluding steroid dienone is 2. The van der Waals surface area contributed by atoms with Crippen LogP contribution in [0.2, 0.25) is 5.02 Å². The molecule has 174 valence electrons. The van der Waals surface area contributed by atoms with Gasteiger partial charge in [-0.25, -0.2) is 0 Å². The summed E-state index contributed by atoms with van der Waals surface area (Å²) in [6.07, 6.45) is 10.6. The van der Waals surface area contributed by atoms with Crippen LogP contribution in [0.15, 0.2) is 60.5 Å². The third-order valence-corrected chi connectivity index (χ3v) is 5.78. The molecule has 6 nitrogen and oxygen atoms in total. The van der Waals surface area contributed by atoms with E-state index in [0.29, 0.717) is 31.4 Å². The molecule has 32 heavy (non-hydrogen) atoms. The fourth-order valence-electron chi connectivity index (χ4n) is 3.62. The van der Waals surface area contributed by atoms with Gasteiger partial charge in [-0.1, -0.05) is 55.8 Å². The number of para-hydroxylation sites is 1. The Morgan fingerprint density at radius 3 is 2.69 bits per heavy atom. The van der Waals surface area contributed by atoms with Crippen molar-refractivity contribution >= 4 is 29.5 Å². The molecule has 0 radical (unpaired) electrons. The van der Waals surface area contributed by atoms with Gasteiger partial charge in [0.1, 0.15) is 0 Å². The second-order valence-corrected chi connectivity index (χ2v) is 8.21. The highest BCUT2D eigenvalue weighted by molar-refractivity contribution is 6.33. The Bertz CT molecular complexity index is 831. The van der Waals surface area contributed by atoms with Crippen LogP contribution in [0.1, 0.15) is 32.6 Å². The molecule has 1 aromatic carbocycles. The normalized spacial score (nSPS) is 19.0. The van der Waals surface area contributed by atoms with Crippen LogP contribution in [0.3, 0.4) is 0 Å². The lowest BCUT2D eigenvalue weighted by Crippen LogP contribution is -2.46. The van der Waals surface area contributed by atoms with Gasteiger partial charge in [-0.2, -0.15) is 0 Å². The smallest absolute Gasteiger partial charge is 0.246 e. The first kappa shape index (κ1) is 25.7. The summed E-state index contributed by atoms with van der Waals surface area (Å²) in [4.78, 5) is 27.3. The Hall–Kier alpha value is -2.57. The highest BCUT2D eigenvalue weighted by atomic mass is 35.5. The van der Waals surface area contributed by atoms with Crippen molar-refractivity contribution in [3.8, 4) is 0 Å². The summed E-state index contributed by atoms with van der Waals surface area (Å²) in [5, 5.41) is 7.07. The van der Waals surface area contributed by atoms with Gasteiger partial charge >= 0.3 is 0 Å². The van der Waals surface area contributed by atoms with Crippen molar-refractivity contribution in [2.75, 3.05) is 38.5 Å². The van der Waals surface area contributed by atoms with Crippen LogP contribution >= 0.6 is 11.6 Å². The van der Waals surface area contributed by atoms with E-state index >= 15 is 0 Å². The van der Waals surface area contributed by atoms with E-state index in [1.165, 1.54) is 0 Å². The molecule has 1 atom stereocenters. The number of rotatable bonds is 7. The van der Waals surface area contributed by atoms with Crippen LogP contribution in [-0.4, -0.2) is 61.3 Å². The zero-order valence-corrected chi connectivity index (χ0v) is 19.9. The monoisotopic (exact) mass is 458 g/mol. The van der Waals surface area contributed by atoms with Gasteiger partial charge < -0.3 is 20.4 Å². The minimum atomic E-state index is 0.0182. The summed E-state index contributed by atoms with van der Waals surface area (Å²) >= 11 is 5.76. The molecule has 3 rings (SSSR count). The number of nitrogens with zero attached hydrogens (tertiary/aromatic N) is 2. The van der Waals surface area contributed by atoms with Gasteiger partial charge in [-0.3, -0.25) is 9.59 Å². The van der Waals surface area contributed by atoms with Crippen molar-refractivity contribution in [2.45, 2.75) is 38.6 Å². The van der Waals surface area contributed by atoms with E-state index < -0.39 is 0 Å². The summed E-state index contributed by atoms with van der Waals surface area (Å²) < 4.78 is 0. The lowest BCUT2D eigenvalue weighted by atomic mass is 10.2. The number of hydrogen-bond acceptors (Lipinski definition) is 5. The molecule has 0 saturated carbocycles. The second-order valence-electron chi connectivity index (χ2n) is 7.80. The van der Waals surface area contributed by atoms with Crippen molar-refractivity contribution in [1.82, 2.24) is 15.1 Å². The molecular formula is C25H35ClN4O2. The third kappa shape index (κ3) is 7.84. The predicted molar refractivity (Wildman–Crippen MR) is 133 cm³/mol. The van der Waals surface area contributed by atoms with Crippen molar-refractivity contribution in [3.05, 3.63) is 65.5 Å². The summed E-state index contributed by atoms with van der Waals surface area (Å²) in [5.74, 6) is 0.0182. The molecule has 0 aromatic heterocycles. The molecule has 2 saturated heterocycles. The van der Waals surface area contributed by atoms with E-state index in [1.807, 2.05) is 48.4 Å². The van der Waals surface area contributed by atoms with Crippen LogP contribution in [0.4, 0.5) is 5.69 Å². The summed E-state index contributed by atoms with van der Waals surface area (Å²) in [6, 6.07) is 7.96. The summed E-state index contributed by atoms with van der Waals surface area (Å²) in [7, 11) is 1.85. The molecule has 2 N–H and O–H groups in total. The van der Waals surface area contributed by atoms with Crippen LogP contribution in [0.25, 0.3) is 0 Å². The zero-order valence-electron chi connectivity index (χ0n) is 19.1. The maximum Gasteiger partial charge on any atom is 0.246 e. The summed E-state index contributed by atoms with van der Waals surface area (Å²) in [6.45, 7) is 8.84. The molecule has 1 unspecified atom stereocenters. The van der Waals surface area contributed by atoms with Crippen LogP contribution in [-0.2, 0) is 9.59 Å². The van der Waals surface area contributed by atoms with Crippen molar-refractivity contribution in [1.29, 1.82) is 0 Å². The van der Waals surface area contributed by atoms with Crippen LogP contribution < -0.4 is 10.6 Å². The van der Waals surface area contributed by atoms with E-state index in [4.69, 9.17) is 11.6 Å². The van der Waals surface area contributed by atoms with E-state index in [1.54, 1.807) is 11.0 Å². The second kappa shape index (κ2) is 13.8. The van der Waals surface area contributed by atoms with Gasteiger partial charge in [-0.05, 0) is 37.9 Å². The zero-order chi connectivity index (χ0) is 23.3. The fourth-order valence-corrected chi connectivity index (χ4v) is 3.85. The number of piperazine rings is 1. The van der Waals surface area contributed by atoms with Crippen molar-refractivity contribution in [2.24, 2.45) is 0 Å². The number of carbonyl (C=O) groups excluding carboxylic acids is 2. The highest BCUT2D eigenvalue weighted by Gasteiger charge is 2.24. The van der Waals surface area contributed by atoms with Crippen LogP contribution in [0.5, 0.6) is 0 Å². The molecule has 1 amide bonds. The topological polar surface area (TPSA) is 64.7 Å². The third-order valence-electron chi connectivity index (χ3n) is 5.45. The standard InChI is InChI=1S/C18H27N3O2.C7H8ClN/c1-3-4-7-17(14-22)21-12-11-20(13-15(21)2)18(23)9-8-16-6-5-10-19-16;1-9-7-5-3-2-4-6(7)8/h7-9,14,16,19H,2-6,10-13H2,1H3;2-5,9H,1H3/b9-8+,17-7-;. The molecule has 2 fully saturated rings. The van der Waals surface area contributed by atoms with Gasteiger partial charge in [0.05, 0.1) is 23.0 Å². The lowest BCUT2D eigenvalue weighted by molar-refractivity contribution is -0.126. The number of nitrogens with one attached hydrogen (secondary N) is 2. The Balaban J connectivity index is 0.000000336. The molecule has 0 aliphatic carbocycles. The molecular weight excluding hydrogens is 424 g/mol. The minimum Gasteiger partial charge on any atom is -0.387 e. The Morgan fingerprint density at radius 1 is 1.34 bits per heavy atom. The molecule has 7 heteroatoms. The summed E-state index contributed by atoms with van der Waals surface area (Å²) in [5.41, 5.74) is 2.43. The number of unbranched alkanes of at least 4 members (excludes halogenated alkanes) is 1. The van der Waals surface area contributed by atoms with E-state index in [2.05, 4.69) is 24.1 Å². The maximum atomic E-state index is 12.3. The van der Waals surface area contributed by atoms with Gasteiger partial charge in [0, 0.05) is 38.0 Å². The number of hydrogen-bond donors (Lipinski definition) is 2. The van der Waals surface area contributed by atoms with E-state index in [9.17, 15) is 9.59 Å². The van der Waals surface area contributed by atoms with Crippen molar-refractivity contribution < 1.29 is 9.59 Å². The Morgan fingerprint density at radius 2 is 2.12 bits per heavy atom. The van der Waals surface area contributed by atoms with Crippen LogP contribution in [0, 0.1) is 0 Å². The van der Waals surface area contributed by atoms with E-state index in [-0.39, 0.29) is 5.91 Å². The van der Waals surface area contributed by atoms with Crippen molar-refractivity contribution in [3.63, 3.8) is 0 Å². The molecule has 2 aliphatic heterocycles. The maximum absolute atomic E-state index is 12.3. The van der Waals surface area contributed by atoms with Gasteiger partial charge in [0.15, 0.2) is 6.29 Å². The molecule has 0 spiro atoms. The van der Waals surface area contributed by atoms with Gasteiger partial charge in [-0.15, -0.1) is 0 Å². The lowest BCUT2D eigenvalue weighted by Gasteiger charge is -2.37. The number of halogens is 1. The van der Waals surface area contributed by atoms with Gasteiger partial charge in [0.2, 0.25) is 5.91 Å². The minimum absolute atomic E-state index is 0.0182. The largest absolute Gasteiger partial charge is 0.387 e. The first-order valence-corrected chi connectivity index (χ1v) is 11.6. The Kier molecular flexibility index (Phi) is 11.0. The van der Waals surface area contributed by atoms with Gasteiger partial charge in [0.25, 0.3) is 0 Å². The average Bonchev–Trinajstić information content (AvgIpc) is 3.33. The number of amides is 1. The average molecular weight is 459 g/mol. The number of anilines is 1. The number of carbonyl (C=O) groups is 2. The number of benzene rings is 1. The SMILES string of the molecule is C=C1CN(C(=O)/C=C/C2CCCN2)CCN1/C(C=O)=C\CCC.CNc1ccccc1Cl. The quantitative estimate of drug-likeness (QED) is 0.473. The van der Waals surface area contributed by atoms with E-state index in [0.717, 1.165) is 54.9 Å². The first-order chi connectivity index (χ1) is 15.5. The molecule has 2 aliphatic rings.